The van der Waals surface area contributed by atoms with Gasteiger partial charge in [-0.1, -0.05) is 29.3 Å². The summed E-state index contributed by atoms with van der Waals surface area (Å²) in [6, 6.07) is 6.37. The fourth-order valence-electron chi connectivity index (χ4n) is 2.30. The predicted octanol–water partition coefficient (Wildman–Crippen LogP) is 4.32. The normalized spacial score (nSPS) is 11.6. The van der Waals surface area contributed by atoms with Gasteiger partial charge in [-0.15, -0.1) is 0 Å². The first-order valence-electron chi connectivity index (χ1n) is 7.85. The van der Waals surface area contributed by atoms with Crippen LogP contribution in [0.2, 0.25) is 10.0 Å². The Hall–Kier alpha value is -2.74. The number of hydrogen-bond acceptors (Lipinski definition) is 5. The number of primary sulfonamides is 1. The second kappa shape index (κ2) is 9.18. The van der Waals surface area contributed by atoms with Crippen LogP contribution in [-0.2, 0) is 16.2 Å². The van der Waals surface area contributed by atoms with Crippen LogP contribution in [0.5, 0.6) is 5.75 Å². The van der Waals surface area contributed by atoms with E-state index in [2.05, 4.69) is 9.97 Å². The zero-order chi connectivity index (χ0) is 23.6. The Bertz CT molecular complexity index is 1230. The number of H-pyrrole nitrogens is 1. The summed E-state index contributed by atoms with van der Waals surface area (Å²) >= 11 is 11.4. The van der Waals surface area contributed by atoms with Crippen molar-refractivity contribution in [1.82, 2.24) is 9.97 Å². The number of benzene rings is 2. The second-order valence-corrected chi connectivity index (χ2v) is 7.99. The number of amides is 1. The molecule has 0 aliphatic rings. The molecule has 0 spiro atoms. The van der Waals surface area contributed by atoms with Gasteiger partial charge in [-0.05, 0) is 24.3 Å². The lowest BCUT2D eigenvalue weighted by atomic mass is 10.2. The molecule has 168 valence electrons. The number of nitrogens with one attached hydrogen (secondary N) is 2. The van der Waals surface area contributed by atoms with Gasteiger partial charge in [0, 0.05) is 0 Å². The molecule has 1 heterocycles. The third-order valence-corrected chi connectivity index (χ3v) is 5.31. The highest BCUT2D eigenvalue weighted by Gasteiger charge is 2.37. The molecule has 0 fully saturated rings. The zero-order valence-electron chi connectivity index (χ0n) is 15.3. The topological polar surface area (TPSA) is 147 Å². The number of aromatic nitrogens is 2. The van der Waals surface area contributed by atoms with E-state index in [9.17, 15) is 26.4 Å². The Balaban J connectivity index is 0.000000285. The Morgan fingerprint density at radius 1 is 1.29 bits per heavy atom. The average molecular weight is 501 g/mol. The number of anilines is 1. The fourth-order valence-corrected chi connectivity index (χ4v) is 3.43. The lowest BCUT2D eigenvalue weighted by Gasteiger charge is -2.11. The molecule has 15 heteroatoms. The summed E-state index contributed by atoms with van der Waals surface area (Å²) in [7, 11) is -3.07. The summed E-state index contributed by atoms with van der Waals surface area (Å²) in [5.41, 5.74) is -1.86. The van der Waals surface area contributed by atoms with Gasteiger partial charge in [-0.25, -0.2) is 23.3 Å². The van der Waals surface area contributed by atoms with E-state index in [1.807, 2.05) is 0 Å². The van der Waals surface area contributed by atoms with E-state index in [-0.39, 0.29) is 17.0 Å². The Morgan fingerprint density at radius 2 is 1.94 bits per heavy atom. The molecule has 0 bridgehead atoms. The van der Waals surface area contributed by atoms with Crippen molar-refractivity contribution in [3.8, 4) is 5.75 Å². The molecule has 0 unspecified atom stereocenters. The third kappa shape index (κ3) is 6.13. The Kier molecular flexibility index (Phi) is 7.26. The summed E-state index contributed by atoms with van der Waals surface area (Å²) in [4.78, 5) is 15.2. The highest BCUT2D eigenvalue weighted by molar-refractivity contribution is 7.89. The molecular weight excluding hydrogens is 488 g/mol. The maximum atomic E-state index is 12.9. The van der Waals surface area contributed by atoms with Crippen LogP contribution < -0.4 is 15.2 Å². The number of carboxylic acid groups (broad SMARTS) is 1. The fraction of sp³-hybridized carbons (Fsp3) is 0.125. The van der Waals surface area contributed by atoms with Crippen molar-refractivity contribution >= 4 is 56.3 Å². The number of halogens is 5. The minimum absolute atomic E-state index is 0.115. The molecule has 0 radical (unpaired) electrons. The van der Waals surface area contributed by atoms with Gasteiger partial charge in [0.05, 0.1) is 33.6 Å². The van der Waals surface area contributed by atoms with Crippen LogP contribution >= 0.6 is 23.2 Å². The lowest BCUT2D eigenvalue weighted by Crippen LogP contribution is -2.19. The molecule has 31 heavy (non-hydrogen) atoms. The Morgan fingerprint density at radius 3 is 2.42 bits per heavy atom. The monoisotopic (exact) mass is 500 g/mol. The van der Waals surface area contributed by atoms with E-state index in [0.29, 0.717) is 27.9 Å². The lowest BCUT2D eigenvalue weighted by molar-refractivity contribution is -0.139. The molecule has 2 aromatic carbocycles. The van der Waals surface area contributed by atoms with Crippen LogP contribution in [0.15, 0.2) is 35.2 Å². The minimum atomic E-state index is -4.96. The van der Waals surface area contributed by atoms with Gasteiger partial charge in [0.1, 0.15) is 10.8 Å². The van der Waals surface area contributed by atoms with Crippen molar-refractivity contribution in [1.29, 1.82) is 0 Å². The van der Waals surface area contributed by atoms with E-state index in [1.54, 1.807) is 30.6 Å². The quantitative estimate of drug-likeness (QED) is 0.420. The van der Waals surface area contributed by atoms with E-state index >= 15 is 0 Å². The van der Waals surface area contributed by atoms with Crippen LogP contribution in [0, 0.1) is 0 Å². The highest BCUT2D eigenvalue weighted by Crippen LogP contribution is 2.36. The van der Waals surface area contributed by atoms with Crippen LogP contribution in [0.1, 0.15) is 5.56 Å². The number of carbonyl (C=O) groups is 1. The average Bonchev–Trinajstić information content (AvgIpc) is 3.02. The van der Waals surface area contributed by atoms with E-state index in [0.717, 1.165) is 0 Å². The molecule has 1 amide bonds. The van der Waals surface area contributed by atoms with Crippen molar-refractivity contribution in [3.05, 3.63) is 45.9 Å². The molecule has 0 atom stereocenters. The molecule has 5 N–H and O–H groups in total. The summed E-state index contributed by atoms with van der Waals surface area (Å²) < 4.78 is 66.0. The SMILES string of the molecule is COc1cccc(Cl)c1Cl.NS(=O)(=O)c1cc2[nH]c(NC(=O)O)nc2cc1C(F)(F)F. The number of nitrogens with two attached hydrogens (primary N) is 1. The molecular formula is C16H13Cl2F3N4O5S. The summed E-state index contributed by atoms with van der Waals surface area (Å²) in [6.45, 7) is 0. The van der Waals surface area contributed by atoms with Gasteiger partial charge < -0.3 is 14.8 Å². The number of methoxy groups -OCH3 is 1. The first-order chi connectivity index (χ1) is 14.2. The summed E-state index contributed by atoms with van der Waals surface area (Å²) in [6.07, 6.45) is -6.45. The number of aromatic amines is 1. The maximum absolute atomic E-state index is 12.9. The van der Waals surface area contributed by atoms with E-state index in [4.69, 9.17) is 38.2 Å². The van der Waals surface area contributed by atoms with Gasteiger partial charge in [-0.3, -0.25) is 5.32 Å². The number of nitrogens with zero attached hydrogens (tertiary/aromatic N) is 1. The van der Waals surface area contributed by atoms with Crippen LogP contribution in [0.3, 0.4) is 0 Å². The molecule has 0 aliphatic heterocycles. The third-order valence-electron chi connectivity index (χ3n) is 3.56. The van der Waals surface area contributed by atoms with Gasteiger partial charge >= 0.3 is 12.3 Å². The maximum Gasteiger partial charge on any atom is 0.417 e. The standard InChI is InChI=1S/C9H7F3N4O4S.C7H6Cl2O/c10-9(11,12)3-1-4-5(2-6(3)21(13,19)20)15-7(14-4)16-8(17)18;1-10-6-4-2-3-5(8)7(6)9/h1-2H,(H,17,18)(H2,13,19,20)(H2,14,15,16);2-4H,1H3. The summed E-state index contributed by atoms with van der Waals surface area (Å²) in [5, 5.41) is 16.0. The number of fused-ring (bicyclic) bond motifs is 1. The first kappa shape index (κ1) is 24.5. The van der Waals surface area contributed by atoms with Crippen LogP contribution in [-0.4, -0.2) is 36.7 Å². The van der Waals surface area contributed by atoms with Crippen molar-refractivity contribution in [2.45, 2.75) is 11.1 Å². The Labute approximate surface area is 183 Å². The van der Waals surface area contributed by atoms with E-state index in [1.165, 1.54) is 0 Å². The largest absolute Gasteiger partial charge is 0.495 e. The van der Waals surface area contributed by atoms with Crippen molar-refractivity contribution < 1.29 is 36.2 Å². The number of alkyl halides is 3. The molecule has 9 nitrogen and oxygen atoms in total. The number of ether oxygens (including phenoxy) is 1. The first-order valence-corrected chi connectivity index (χ1v) is 10.2. The summed E-state index contributed by atoms with van der Waals surface area (Å²) in [5.74, 6) is 0.256. The van der Waals surface area contributed by atoms with Gasteiger partial charge in [-0.2, -0.15) is 13.2 Å². The molecule has 3 aromatic rings. The highest BCUT2D eigenvalue weighted by atomic mass is 35.5. The molecule has 0 saturated heterocycles. The second-order valence-electron chi connectivity index (χ2n) is 5.68. The number of rotatable bonds is 3. The minimum Gasteiger partial charge on any atom is -0.495 e. The smallest absolute Gasteiger partial charge is 0.417 e. The zero-order valence-corrected chi connectivity index (χ0v) is 17.6. The van der Waals surface area contributed by atoms with Crippen molar-refractivity contribution in [2.24, 2.45) is 5.14 Å². The van der Waals surface area contributed by atoms with Crippen LogP contribution in [0.25, 0.3) is 11.0 Å². The van der Waals surface area contributed by atoms with E-state index < -0.39 is 32.8 Å². The van der Waals surface area contributed by atoms with Crippen molar-refractivity contribution in [2.75, 3.05) is 12.4 Å². The van der Waals surface area contributed by atoms with Gasteiger partial charge in [0.15, 0.2) is 0 Å². The number of imidazole rings is 1. The molecule has 0 saturated carbocycles. The predicted molar refractivity (Wildman–Crippen MR) is 107 cm³/mol. The van der Waals surface area contributed by atoms with Crippen molar-refractivity contribution in [3.63, 3.8) is 0 Å². The number of hydrogen-bond donors (Lipinski definition) is 4. The van der Waals surface area contributed by atoms with Gasteiger partial charge in [0.2, 0.25) is 16.0 Å². The molecule has 3 rings (SSSR count). The number of sulfonamides is 1. The molecule has 1 aromatic heterocycles. The molecule has 0 aliphatic carbocycles. The van der Waals surface area contributed by atoms with Crippen LogP contribution in [0.4, 0.5) is 23.9 Å². The van der Waals surface area contributed by atoms with Gasteiger partial charge in [0.25, 0.3) is 0 Å².